The largest absolute Gasteiger partial charge is 0.352 e. The first kappa shape index (κ1) is 15.5. The average molecular weight is 352 g/mol. The van der Waals surface area contributed by atoms with Crippen LogP contribution in [0.4, 0.5) is 0 Å². The van der Waals surface area contributed by atoms with Gasteiger partial charge in [0.05, 0.1) is 16.8 Å². The Morgan fingerprint density at radius 2 is 2.16 bits per heavy atom. The first-order valence-electron chi connectivity index (χ1n) is 7.95. The van der Waals surface area contributed by atoms with Gasteiger partial charge in [-0.05, 0) is 30.0 Å². The molecule has 0 bridgehead atoms. The molecule has 4 aromatic heterocycles. The molecule has 0 aliphatic heterocycles. The second-order valence-electron chi connectivity index (χ2n) is 5.48. The van der Waals surface area contributed by atoms with E-state index >= 15 is 0 Å². The number of nitrogens with one attached hydrogen (secondary N) is 1. The number of hydrogen-bond donors (Lipinski definition) is 1. The molecule has 4 rings (SSSR count). The van der Waals surface area contributed by atoms with Gasteiger partial charge in [-0.25, -0.2) is 9.50 Å². The van der Waals surface area contributed by atoms with E-state index < -0.39 is 0 Å². The van der Waals surface area contributed by atoms with Crippen molar-refractivity contribution in [1.29, 1.82) is 0 Å². The fourth-order valence-electron chi connectivity index (χ4n) is 2.63. The molecule has 0 aromatic carbocycles. The summed E-state index contributed by atoms with van der Waals surface area (Å²) < 4.78 is 3.56. The fraction of sp³-hybridized carbons (Fsp3) is 0.176. The van der Waals surface area contributed by atoms with Gasteiger partial charge in [-0.1, -0.05) is 6.07 Å². The van der Waals surface area contributed by atoms with Crippen LogP contribution in [0.3, 0.4) is 0 Å². The molecular formula is C17H16N6OS. The lowest BCUT2D eigenvalue weighted by molar-refractivity contribution is 0.0954. The van der Waals surface area contributed by atoms with Crippen LogP contribution in [0.1, 0.15) is 16.8 Å². The monoisotopic (exact) mass is 352 g/mol. The zero-order valence-electron chi connectivity index (χ0n) is 13.4. The highest BCUT2D eigenvalue weighted by Gasteiger charge is 2.16. The van der Waals surface area contributed by atoms with Crippen LogP contribution in [0.5, 0.6) is 0 Å². The molecule has 0 aliphatic rings. The van der Waals surface area contributed by atoms with Crippen molar-refractivity contribution < 1.29 is 4.79 Å². The van der Waals surface area contributed by atoms with E-state index in [1.807, 2.05) is 40.5 Å². The minimum atomic E-state index is -0.161. The summed E-state index contributed by atoms with van der Waals surface area (Å²) in [5.74, 6) is -0.161. The highest BCUT2D eigenvalue weighted by molar-refractivity contribution is 7.13. The van der Waals surface area contributed by atoms with Gasteiger partial charge in [0.2, 0.25) is 0 Å². The predicted molar refractivity (Wildman–Crippen MR) is 95.5 cm³/mol. The molecule has 8 heteroatoms. The third kappa shape index (κ3) is 3.16. The zero-order valence-corrected chi connectivity index (χ0v) is 14.2. The number of aryl methyl sites for hydroxylation is 1. The summed E-state index contributed by atoms with van der Waals surface area (Å²) in [5.41, 5.74) is 1.98. The van der Waals surface area contributed by atoms with Crippen molar-refractivity contribution in [2.24, 2.45) is 0 Å². The molecule has 25 heavy (non-hydrogen) atoms. The molecule has 7 nitrogen and oxygen atoms in total. The number of carbonyl (C=O) groups is 1. The smallest absolute Gasteiger partial charge is 0.256 e. The van der Waals surface area contributed by atoms with E-state index in [1.54, 1.807) is 34.4 Å². The van der Waals surface area contributed by atoms with Crippen LogP contribution in [-0.4, -0.2) is 36.8 Å². The average Bonchev–Trinajstić information content (AvgIpc) is 3.39. The van der Waals surface area contributed by atoms with Crippen molar-refractivity contribution in [1.82, 2.24) is 29.7 Å². The van der Waals surface area contributed by atoms with Gasteiger partial charge in [-0.15, -0.1) is 11.3 Å². The van der Waals surface area contributed by atoms with Crippen LogP contribution in [0.2, 0.25) is 0 Å². The Kier molecular flexibility index (Phi) is 4.26. The van der Waals surface area contributed by atoms with E-state index in [4.69, 9.17) is 0 Å². The molecule has 126 valence electrons. The molecule has 0 fully saturated rings. The van der Waals surface area contributed by atoms with Gasteiger partial charge in [0.1, 0.15) is 5.56 Å². The molecule has 0 unspecified atom stereocenters. The molecule has 1 amide bonds. The Balaban J connectivity index is 1.47. The minimum Gasteiger partial charge on any atom is -0.352 e. The van der Waals surface area contributed by atoms with Gasteiger partial charge in [0.25, 0.3) is 5.91 Å². The molecule has 1 N–H and O–H groups in total. The molecule has 0 spiro atoms. The normalized spacial score (nSPS) is 11.0. The molecular weight excluding hydrogens is 336 g/mol. The van der Waals surface area contributed by atoms with Crippen molar-refractivity contribution in [3.8, 4) is 10.6 Å². The quantitative estimate of drug-likeness (QED) is 0.541. The summed E-state index contributed by atoms with van der Waals surface area (Å²) in [5, 5.41) is 13.4. The third-order valence-corrected chi connectivity index (χ3v) is 4.72. The van der Waals surface area contributed by atoms with E-state index in [1.165, 1.54) is 0 Å². The first-order chi connectivity index (χ1) is 12.3. The number of nitrogens with zero attached hydrogens (tertiary/aromatic N) is 5. The predicted octanol–water partition coefficient (Wildman–Crippen LogP) is 2.47. The van der Waals surface area contributed by atoms with Gasteiger partial charge in [0.15, 0.2) is 5.65 Å². The second kappa shape index (κ2) is 6.86. The number of hydrogen-bond acceptors (Lipinski definition) is 5. The standard InChI is InChI=1S/C17H16N6OS/c24-17(19-6-2-9-22-10-3-7-20-22)13-12-21-23-14(5-8-18-16(13)23)15-4-1-11-25-15/h1,3-5,7-8,10-12H,2,6,9H2,(H,19,24). The summed E-state index contributed by atoms with van der Waals surface area (Å²) in [4.78, 5) is 17.9. The van der Waals surface area contributed by atoms with E-state index in [0.717, 1.165) is 23.5 Å². The second-order valence-corrected chi connectivity index (χ2v) is 6.43. The molecule has 0 radical (unpaired) electrons. The van der Waals surface area contributed by atoms with E-state index in [0.29, 0.717) is 17.8 Å². The van der Waals surface area contributed by atoms with Crippen LogP contribution >= 0.6 is 11.3 Å². The Hall–Kier alpha value is -3.00. The molecule has 0 saturated heterocycles. The Bertz CT molecular complexity index is 974. The topological polar surface area (TPSA) is 77.1 Å². The van der Waals surface area contributed by atoms with Gasteiger partial charge in [-0.3, -0.25) is 9.48 Å². The van der Waals surface area contributed by atoms with Crippen molar-refractivity contribution in [2.75, 3.05) is 6.54 Å². The summed E-state index contributed by atoms with van der Waals surface area (Å²) in [6, 6.07) is 7.80. The Morgan fingerprint density at radius 1 is 1.20 bits per heavy atom. The van der Waals surface area contributed by atoms with Crippen molar-refractivity contribution >= 4 is 22.9 Å². The number of carbonyl (C=O) groups excluding carboxylic acids is 1. The molecule has 0 atom stereocenters. The zero-order chi connectivity index (χ0) is 17.1. The van der Waals surface area contributed by atoms with Crippen molar-refractivity contribution in [3.05, 3.63) is 60.0 Å². The lowest BCUT2D eigenvalue weighted by Gasteiger charge is -2.05. The third-order valence-electron chi connectivity index (χ3n) is 3.83. The summed E-state index contributed by atoms with van der Waals surface area (Å²) >= 11 is 1.63. The lowest BCUT2D eigenvalue weighted by Crippen LogP contribution is -2.25. The number of rotatable bonds is 6. The highest BCUT2D eigenvalue weighted by atomic mass is 32.1. The highest BCUT2D eigenvalue weighted by Crippen LogP contribution is 2.25. The Labute approximate surface area is 147 Å². The van der Waals surface area contributed by atoms with Crippen molar-refractivity contribution in [2.45, 2.75) is 13.0 Å². The van der Waals surface area contributed by atoms with Crippen LogP contribution in [-0.2, 0) is 6.54 Å². The van der Waals surface area contributed by atoms with Crippen LogP contribution in [0.25, 0.3) is 16.2 Å². The maximum Gasteiger partial charge on any atom is 0.256 e. The molecule has 4 aromatic rings. The number of thiophene rings is 1. The minimum absolute atomic E-state index is 0.161. The van der Waals surface area contributed by atoms with Crippen LogP contribution in [0, 0.1) is 0 Å². The van der Waals surface area contributed by atoms with Crippen LogP contribution in [0.15, 0.2) is 54.4 Å². The van der Waals surface area contributed by atoms with Crippen LogP contribution < -0.4 is 5.32 Å². The van der Waals surface area contributed by atoms with E-state index in [-0.39, 0.29) is 5.91 Å². The summed E-state index contributed by atoms with van der Waals surface area (Å²) in [7, 11) is 0. The Morgan fingerprint density at radius 3 is 2.96 bits per heavy atom. The van der Waals surface area contributed by atoms with Gasteiger partial charge in [0, 0.05) is 31.7 Å². The maximum atomic E-state index is 12.5. The first-order valence-corrected chi connectivity index (χ1v) is 8.83. The SMILES string of the molecule is O=C(NCCCn1cccn1)c1cnn2c(-c3cccs3)ccnc12. The maximum absolute atomic E-state index is 12.5. The summed E-state index contributed by atoms with van der Waals surface area (Å²) in [6.07, 6.45) is 7.74. The number of aromatic nitrogens is 5. The summed E-state index contributed by atoms with van der Waals surface area (Å²) in [6.45, 7) is 1.34. The van der Waals surface area contributed by atoms with Crippen molar-refractivity contribution in [3.63, 3.8) is 0 Å². The molecule has 0 saturated carbocycles. The number of amides is 1. The van der Waals surface area contributed by atoms with Gasteiger partial charge >= 0.3 is 0 Å². The molecule has 0 aliphatic carbocycles. The molecule has 4 heterocycles. The van der Waals surface area contributed by atoms with E-state index in [9.17, 15) is 4.79 Å². The van der Waals surface area contributed by atoms with E-state index in [2.05, 4.69) is 20.5 Å². The fourth-order valence-corrected chi connectivity index (χ4v) is 3.37. The number of fused-ring (bicyclic) bond motifs is 1. The lowest BCUT2D eigenvalue weighted by atomic mass is 10.3. The van der Waals surface area contributed by atoms with Gasteiger partial charge in [-0.2, -0.15) is 10.2 Å². The van der Waals surface area contributed by atoms with Gasteiger partial charge < -0.3 is 5.32 Å².